The van der Waals surface area contributed by atoms with E-state index in [1.807, 2.05) is 12.1 Å². The first kappa shape index (κ1) is 10.2. The van der Waals surface area contributed by atoms with Gasteiger partial charge in [-0.1, -0.05) is 15.9 Å². The minimum absolute atomic E-state index is 0.820. The van der Waals surface area contributed by atoms with Crippen molar-refractivity contribution in [3.8, 4) is 11.3 Å². The number of furan rings is 1. The molecule has 0 aliphatic carbocycles. The van der Waals surface area contributed by atoms with Crippen LogP contribution in [0.25, 0.3) is 11.3 Å². The van der Waals surface area contributed by atoms with Crippen LogP contribution < -0.4 is 5.32 Å². The van der Waals surface area contributed by atoms with Crippen LogP contribution in [0.4, 0.5) is 5.82 Å². The summed E-state index contributed by atoms with van der Waals surface area (Å²) >= 11 is 3.34. The van der Waals surface area contributed by atoms with Gasteiger partial charge in [0.25, 0.3) is 0 Å². The van der Waals surface area contributed by atoms with Crippen molar-refractivity contribution in [2.45, 2.75) is 0 Å². The van der Waals surface area contributed by atoms with Crippen LogP contribution in [0, 0.1) is 0 Å². The first-order valence-corrected chi connectivity index (χ1v) is 5.67. The molecule has 0 aliphatic rings. The fourth-order valence-electron chi connectivity index (χ4n) is 1.20. The molecule has 1 N–H and O–H groups in total. The lowest BCUT2D eigenvalue weighted by molar-refractivity contribution is 0.568. The van der Waals surface area contributed by atoms with Crippen LogP contribution in [0.1, 0.15) is 0 Å². The van der Waals surface area contributed by atoms with Crippen molar-refractivity contribution in [3.05, 3.63) is 31.0 Å². The molecule has 0 spiro atoms. The predicted molar refractivity (Wildman–Crippen MR) is 62.0 cm³/mol. The molecule has 4 nitrogen and oxygen atoms in total. The summed E-state index contributed by atoms with van der Waals surface area (Å²) in [4.78, 5) is 8.28. The zero-order valence-corrected chi connectivity index (χ0v) is 9.57. The van der Waals surface area contributed by atoms with Gasteiger partial charge in [-0.3, -0.25) is 0 Å². The van der Waals surface area contributed by atoms with E-state index in [-0.39, 0.29) is 0 Å². The van der Waals surface area contributed by atoms with Crippen molar-refractivity contribution in [1.82, 2.24) is 9.97 Å². The summed E-state index contributed by atoms with van der Waals surface area (Å²) in [5.41, 5.74) is 1.81. The maximum Gasteiger partial charge on any atom is 0.129 e. The zero-order chi connectivity index (χ0) is 10.5. The molecule has 2 aromatic heterocycles. The Morgan fingerprint density at radius 2 is 2.33 bits per heavy atom. The largest absolute Gasteiger partial charge is 0.472 e. The highest BCUT2D eigenvalue weighted by Crippen LogP contribution is 2.18. The fourth-order valence-corrected chi connectivity index (χ4v) is 1.40. The minimum Gasteiger partial charge on any atom is -0.472 e. The Morgan fingerprint density at radius 3 is 3.07 bits per heavy atom. The lowest BCUT2D eigenvalue weighted by Crippen LogP contribution is -2.04. The second kappa shape index (κ2) is 4.93. The molecule has 5 heteroatoms. The van der Waals surface area contributed by atoms with Gasteiger partial charge >= 0.3 is 0 Å². The molecular weight excluding hydrogens is 258 g/mol. The molecule has 0 aliphatic heterocycles. The van der Waals surface area contributed by atoms with E-state index in [1.54, 1.807) is 18.9 Å². The molecule has 2 aromatic rings. The molecule has 2 rings (SSSR count). The first-order valence-electron chi connectivity index (χ1n) is 4.54. The number of nitrogens with one attached hydrogen (secondary N) is 1. The molecule has 0 bridgehead atoms. The molecule has 0 atom stereocenters. The Balaban J connectivity index is 2.19. The number of aromatic nitrogens is 2. The Kier molecular flexibility index (Phi) is 3.34. The van der Waals surface area contributed by atoms with E-state index < -0.39 is 0 Å². The van der Waals surface area contributed by atoms with Gasteiger partial charge in [0, 0.05) is 23.5 Å². The highest BCUT2D eigenvalue weighted by molar-refractivity contribution is 9.09. The van der Waals surface area contributed by atoms with Gasteiger partial charge in [0.1, 0.15) is 12.1 Å². The van der Waals surface area contributed by atoms with E-state index in [4.69, 9.17) is 4.42 Å². The maximum atomic E-state index is 5.00. The van der Waals surface area contributed by atoms with Crippen LogP contribution in [-0.2, 0) is 0 Å². The van der Waals surface area contributed by atoms with E-state index in [1.165, 1.54) is 0 Å². The lowest BCUT2D eigenvalue weighted by atomic mass is 10.2. The van der Waals surface area contributed by atoms with Gasteiger partial charge < -0.3 is 9.73 Å². The van der Waals surface area contributed by atoms with Crippen LogP contribution in [0.5, 0.6) is 0 Å². The van der Waals surface area contributed by atoms with Gasteiger partial charge in [0.15, 0.2) is 0 Å². The predicted octanol–water partition coefficient (Wildman–Crippen LogP) is 2.54. The summed E-state index contributed by atoms with van der Waals surface area (Å²) in [6, 6.07) is 3.77. The second-order valence-corrected chi connectivity index (χ2v) is 3.71. The van der Waals surface area contributed by atoms with E-state index in [0.29, 0.717) is 0 Å². The molecule has 0 saturated carbocycles. The van der Waals surface area contributed by atoms with Gasteiger partial charge in [-0.15, -0.1) is 0 Å². The molecule has 0 unspecified atom stereocenters. The molecule has 2 heterocycles. The Bertz CT molecular complexity index is 416. The topological polar surface area (TPSA) is 51.0 Å². The molecular formula is C10H10BrN3O. The van der Waals surface area contributed by atoms with Crippen LogP contribution in [-0.4, -0.2) is 21.8 Å². The molecule has 0 saturated heterocycles. The van der Waals surface area contributed by atoms with E-state index in [2.05, 4.69) is 31.2 Å². The second-order valence-electron chi connectivity index (χ2n) is 2.92. The smallest absolute Gasteiger partial charge is 0.129 e. The number of alkyl halides is 1. The SMILES string of the molecule is BrCCNc1cc(-c2ccoc2)ncn1. The van der Waals surface area contributed by atoms with Crippen LogP contribution >= 0.6 is 15.9 Å². The Hall–Kier alpha value is -1.36. The molecule has 0 fully saturated rings. The third-order valence-electron chi connectivity index (χ3n) is 1.88. The monoisotopic (exact) mass is 267 g/mol. The van der Waals surface area contributed by atoms with Crippen molar-refractivity contribution in [1.29, 1.82) is 0 Å². The number of hydrogen-bond acceptors (Lipinski definition) is 4. The third kappa shape index (κ3) is 2.56. The number of rotatable bonds is 4. The average Bonchev–Trinajstić information content (AvgIpc) is 2.80. The third-order valence-corrected chi connectivity index (χ3v) is 2.28. The van der Waals surface area contributed by atoms with Crippen LogP contribution in [0.15, 0.2) is 35.4 Å². The van der Waals surface area contributed by atoms with Crippen LogP contribution in [0.2, 0.25) is 0 Å². The standard InChI is InChI=1S/C10H10BrN3O/c11-2-3-12-10-5-9(13-7-14-10)8-1-4-15-6-8/h1,4-7H,2-3H2,(H,12,13,14). The summed E-state index contributed by atoms with van der Waals surface area (Å²) in [6.45, 7) is 0.835. The molecule has 15 heavy (non-hydrogen) atoms. The van der Waals surface area contributed by atoms with Gasteiger partial charge in [0.05, 0.1) is 18.2 Å². The normalized spacial score (nSPS) is 10.2. The molecule has 0 amide bonds. The summed E-state index contributed by atoms with van der Waals surface area (Å²) in [7, 11) is 0. The number of halogens is 1. The minimum atomic E-state index is 0.820. The van der Waals surface area contributed by atoms with Gasteiger partial charge in [-0.2, -0.15) is 0 Å². The number of hydrogen-bond donors (Lipinski definition) is 1. The fraction of sp³-hybridized carbons (Fsp3) is 0.200. The summed E-state index contributed by atoms with van der Waals surface area (Å²) in [6.07, 6.45) is 4.83. The first-order chi connectivity index (χ1) is 7.40. The van der Waals surface area contributed by atoms with Crippen molar-refractivity contribution < 1.29 is 4.42 Å². The van der Waals surface area contributed by atoms with E-state index >= 15 is 0 Å². The maximum absolute atomic E-state index is 5.00. The zero-order valence-electron chi connectivity index (χ0n) is 7.98. The van der Waals surface area contributed by atoms with E-state index in [9.17, 15) is 0 Å². The van der Waals surface area contributed by atoms with Gasteiger partial charge in [0.2, 0.25) is 0 Å². The van der Waals surface area contributed by atoms with Gasteiger partial charge in [-0.25, -0.2) is 9.97 Å². The molecule has 0 aromatic carbocycles. The van der Waals surface area contributed by atoms with Crippen molar-refractivity contribution >= 4 is 21.7 Å². The summed E-state index contributed by atoms with van der Waals surface area (Å²) in [5.74, 6) is 0.820. The Morgan fingerprint density at radius 1 is 1.40 bits per heavy atom. The van der Waals surface area contributed by atoms with Crippen molar-refractivity contribution in [2.24, 2.45) is 0 Å². The average molecular weight is 268 g/mol. The van der Waals surface area contributed by atoms with Crippen LogP contribution in [0.3, 0.4) is 0 Å². The number of nitrogens with zero attached hydrogens (tertiary/aromatic N) is 2. The summed E-state index contributed by atoms with van der Waals surface area (Å²) < 4.78 is 5.00. The molecule has 78 valence electrons. The highest BCUT2D eigenvalue weighted by atomic mass is 79.9. The van der Waals surface area contributed by atoms with Crippen molar-refractivity contribution in [3.63, 3.8) is 0 Å². The summed E-state index contributed by atoms with van der Waals surface area (Å²) in [5, 5.41) is 4.06. The van der Waals surface area contributed by atoms with E-state index in [0.717, 1.165) is 29.0 Å². The molecule has 0 radical (unpaired) electrons. The van der Waals surface area contributed by atoms with Gasteiger partial charge in [-0.05, 0) is 6.07 Å². The lowest BCUT2D eigenvalue weighted by Gasteiger charge is -2.03. The Labute approximate surface area is 95.9 Å². The quantitative estimate of drug-likeness (QED) is 0.866. The van der Waals surface area contributed by atoms with Crippen molar-refractivity contribution in [2.75, 3.05) is 17.2 Å². The number of anilines is 1. The highest BCUT2D eigenvalue weighted by Gasteiger charge is 2.02.